The molecule has 1 aromatic carbocycles. The number of amides is 1. The molecular weight excluding hydrogens is 368 g/mol. The van der Waals surface area contributed by atoms with Crippen molar-refractivity contribution < 1.29 is 19.0 Å². The Labute approximate surface area is 173 Å². The average molecular weight is 401 g/mol. The highest BCUT2D eigenvalue weighted by Crippen LogP contribution is 2.41. The van der Waals surface area contributed by atoms with Crippen molar-refractivity contribution in [2.75, 3.05) is 21.3 Å². The van der Waals surface area contributed by atoms with Crippen molar-refractivity contribution in [2.45, 2.75) is 40.5 Å². The van der Waals surface area contributed by atoms with E-state index >= 15 is 0 Å². The maximum absolute atomic E-state index is 12.5. The Balaban J connectivity index is 2.14. The van der Waals surface area contributed by atoms with Crippen LogP contribution in [0.25, 0.3) is 0 Å². The van der Waals surface area contributed by atoms with Gasteiger partial charge in [0.1, 0.15) is 0 Å². The number of nitrogens with zero attached hydrogens (tertiary/aromatic N) is 1. The third-order valence-electron chi connectivity index (χ3n) is 5.38. The fourth-order valence-corrected chi connectivity index (χ4v) is 3.67. The first-order valence-electron chi connectivity index (χ1n) is 9.73. The number of carbonyl (C=O) groups is 1. The second-order valence-electron chi connectivity index (χ2n) is 7.92. The number of hydrazone groups is 1. The molecule has 0 saturated heterocycles. The number of carbonyl (C=O) groups excluding carboxylic acids is 1. The molecule has 0 bridgehead atoms. The minimum atomic E-state index is -0.355. The van der Waals surface area contributed by atoms with Gasteiger partial charge in [-0.15, -0.1) is 0 Å². The summed E-state index contributed by atoms with van der Waals surface area (Å²) in [7, 11) is 4.54. The molecular formula is C23H32N2O4. The van der Waals surface area contributed by atoms with Crippen molar-refractivity contribution in [3.63, 3.8) is 0 Å². The van der Waals surface area contributed by atoms with Crippen molar-refractivity contribution in [1.29, 1.82) is 0 Å². The van der Waals surface area contributed by atoms with Crippen LogP contribution >= 0.6 is 0 Å². The van der Waals surface area contributed by atoms with Crippen LogP contribution in [0, 0.1) is 11.3 Å². The normalized spacial score (nSPS) is 18.9. The Morgan fingerprint density at radius 2 is 1.79 bits per heavy atom. The fourth-order valence-electron chi connectivity index (χ4n) is 3.67. The monoisotopic (exact) mass is 400 g/mol. The first kappa shape index (κ1) is 22.5. The summed E-state index contributed by atoms with van der Waals surface area (Å²) in [5, 5.41) is 4.21. The number of methoxy groups -OCH3 is 3. The zero-order valence-corrected chi connectivity index (χ0v) is 18.5. The first-order chi connectivity index (χ1) is 13.7. The van der Waals surface area contributed by atoms with Gasteiger partial charge in [-0.1, -0.05) is 31.6 Å². The van der Waals surface area contributed by atoms with E-state index in [-0.39, 0.29) is 11.3 Å². The molecule has 0 heterocycles. The molecule has 1 atom stereocenters. The topological polar surface area (TPSA) is 69.2 Å². The molecule has 0 aromatic heterocycles. The summed E-state index contributed by atoms with van der Waals surface area (Å²) in [5.41, 5.74) is 5.28. The molecule has 0 radical (unpaired) electrons. The smallest absolute Gasteiger partial charge is 0.271 e. The molecule has 1 aromatic rings. The van der Waals surface area contributed by atoms with Gasteiger partial charge >= 0.3 is 0 Å². The molecule has 1 amide bonds. The van der Waals surface area contributed by atoms with Gasteiger partial charge in [-0.2, -0.15) is 5.10 Å². The lowest BCUT2D eigenvalue weighted by molar-refractivity contribution is 0.0954. The zero-order valence-electron chi connectivity index (χ0n) is 18.5. The maximum atomic E-state index is 12.5. The summed E-state index contributed by atoms with van der Waals surface area (Å²) < 4.78 is 15.9. The molecule has 0 fully saturated rings. The Morgan fingerprint density at radius 1 is 1.17 bits per heavy atom. The van der Waals surface area contributed by atoms with Gasteiger partial charge in [0.25, 0.3) is 5.91 Å². The number of hydrogen-bond acceptors (Lipinski definition) is 5. The summed E-state index contributed by atoms with van der Waals surface area (Å²) in [4.78, 5) is 12.5. The van der Waals surface area contributed by atoms with Crippen LogP contribution in [0.1, 0.15) is 50.9 Å². The van der Waals surface area contributed by atoms with E-state index in [2.05, 4.69) is 43.5 Å². The fraction of sp³-hybridized carbons (Fsp3) is 0.478. The second-order valence-corrected chi connectivity index (χ2v) is 7.92. The highest BCUT2D eigenvalue weighted by molar-refractivity contribution is 5.98. The van der Waals surface area contributed by atoms with E-state index < -0.39 is 0 Å². The summed E-state index contributed by atoms with van der Waals surface area (Å²) in [6.07, 6.45) is 8.73. The standard InChI is InChI=1S/C23H32N2O4/c1-15-9-8-12-23(3,4)18(15)11-10-16(2)24-25-22(26)17-13-19(27-5)21(29-7)20(14-17)28-6/h9-11,13-14,18H,8,12H2,1-7H3,(H,25,26)/b11-10+,24-16-/t18-/m1/s1. The Hall–Kier alpha value is -2.76. The summed E-state index contributed by atoms with van der Waals surface area (Å²) >= 11 is 0. The predicted molar refractivity (Wildman–Crippen MR) is 116 cm³/mol. The Bertz CT molecular complexity index is 812. The van der Waals surface area contributed by atoms with E-state index in [1.54, 1.807) is 12.1 Å². The van der Waals surface area contributed by atoms with Crippen molar-refractivity contribution in [3.05, 3.63) is 41.5 Å². The van der Waals surface area contributed by atoms with Crippen LogP contribution in [0.4, 0.5) is 0 Å². The number of allylic oxidation sites excluding steroid dienone is 4. The maximum Gasteiger partial charge on any atom is 0.271 e. The lowest BCUT2D eigenvalue weighted by atomic mass is 9.68. The van der Waals surface area contributed by atoms with E-state index in [0.717, 1.165) is 18.6 Å². The van der Waals surface area contributed by atoms with Gasteiger partial charge < -0.3 is 14.2 Å². The first-order valence-corrected chi connectivity index (χ1v) is 9.73. The number of rotatable bonds is 7. The summed E-state index contributed by atoms with van der Waals surface area (Å²) in [6, 6.07) is 3.19. The molecule has 6 nitrogen and oxygen atoms in total. The third kappa shape index (κ3) is 5.40. The second kappa shape index (κ2) is 9.63. The predicted octanol–water partition coefficient (Wildman–Crippen LogP) is 4.76. The van der Waals surface area contributed by atoms with E-state index in [0.29, 0.717) is 28.7 Å². The van der Waals surface area contributed by atoms with Crippen LogP contribution < -0.4 is 19.6 Å². The Morgan fingerprint density at radius 3 is 2.31 bits per heavy atom. The van der Waals surface area contributed by atoms with Crippen molar-refractivity contribution in [1.82, 2.24) is 5.43 Å². The lowest BCUT2D eigenvalue weighted by Gasteiger charge is -2.36. The molecule has 6 heteroatoms. The molecule has 0 spiro atoms. The average Bonchev–Trinajstić information content (AvgIpc) is 2.69. The van der Waals surface area contributed by atoms with E-state index in [1.165, 1.54) is 26.9 Å². The van der Waals surface area contributed by atoms with Gasteiger partial charge in [0.05, 0.1) is 27.0 Å². The third-order valence-corrected chi connectivity index (χ3v) is 5.38. The molecule has 0 unspecified atom stereocenters. The molecule has 0 aliphatic heterocycles. The number of nitrogens with one attached hydrogen (secondary N) is 1. The van der Waals surface area contributed by atoms with E-state index in [4.69, 9.17) is 14.2 Å². The van der Waals surface area contributed by atoms with Gasteiger partial charge in [0.15, 0.2) is 11.5 Å². The van der Waals surface area contributed by atoms with Crippen molar-refractivity contribution in [2.24, 2.45) is 16.4 Å². The highest BCUT2D eigenvalue weighted by atomic mass is 16.5. The van der Waals surface area contributed by atoms with Gasteiger partial charge in [-0.25, -0.2) is 5.43 Å². The van der Waals surface area contributed by atoms with Crippen molar-refractivity contribution in [3.8, 4) is 17.2 Å². The SMILES string of the molecule is COc1cc(C(=O)N/N=C(C)\C=C\[C@@H]2C(C)=CCCC2(C)C)cc(OC)c1OC. The van der Waals surface area contributed by atoms with Crippen LogP contribution in [0.2, 0.25) is 0 Å². The quantitative estimate of drug-likeness (QED) is 0.407. The summed E-state index contributed by atoms with van der Waals surface area (Å²) in [5.74, 6) is 1.28. The molecule has 1 N–H and O–H groups in total. The Kier molecular flexibility index (Phi) is 7.48. The van der Waals surface area contributed by atoms with Crippen LogP contribution in [-0.2, 0) is 0 Å². The molecule has 158 valence electrons. The van der Waals surface area contributed by atoms with Gasteiger partial charge in [0, 0.05) is 11.5 Å². The van der Waals surface area contributed by atoms with Crippen LogP contribution in [-0.4, -0.2) is 32.9 Å². The van der Waals surface area contributed by atoms with Gasteiger partial charge in [0.2, 0.25) is 5.75 Å². The summed E-state index contributed by atoms with van der Waals surface area (Å²) in [6.45, 7) is 8.61. The minimum absolute atomic E-state index is 0.217. The molecule has 29 heavy (non-hydrogen) atoms. The largest absolute Gasteiger partial charge is 0.493 e. The highest BCUT2D eigenvalue weighted by Gasteiger charge is 2.30. The number of hydrogen-bond donors (Lipinski definition) is 1. The lowest BCUT2D eigenvalue weighted by Crippen LogP contribution is -2.26. The minimum Gasteiger partial charge on any atom is -0.493 e. The van der Waals surface area contributed by atoms with E-state index in [9.17, 15) is 4.79 Å². The molecule has 1 aliphatic rings. The molecule has 1 aliphatic carbocycles. The van der Waals surface area contributed by atoms with Gasteiger partial charge in [-0.05, 0) is 50.3 Å². The molecule has 2 rings (SSSR count). The van der Waals surface area contributed by atoms with Crippen molar-refractivity contribution >= 4 is 11.6 Å². The zero-order chi connectivity index (χ0) is 21.6. The van der Waals surface area contributed by atoms with Crippen LogP contribution in [0.3, 0.4) is 0 Å². The number of ether oxygens (including phenoxy) is 3. The van der Waals surface area contributed by atoms with Crippen LogP contribution in [0.5, 0.6) is 17.2 Å². The van der Waals surface area contributed by atoms with Gasteiger partial charge in [-0.3, -0.25) is 4.79 Å². The van der Waals surface area contributed by atoms with E-state index in [1.807, 2.05) is 13.0 Å². The van der Waals surface area contributed by atoms with Crippen LogP contribution in [0.15, 0.2) is 41.0 Å². The molecule has 0 saturated carbocycles. The number of benzene rings is 1.